The molecule has 0 atom stereocenters. The van der Waals surface area contributed by atoms with E-state index in [4.69, 9.17) is 0 Å². The Bertz CT molecular complexity index is 176. The van der Waals surface area contributed by atoms with Crippen LogP contribution in [0.2, 0.25) is 0 Å². The first-order chi connectivity index (χ1) is 6.63. The lowest BCUT2D eigenvalue weighted by Crippen LogP contribution is -2.33. The van der Waals surface area contributed by atoms with Gasteiger partial charge in [0, 0.05) is 18.8 Å². The number of likely N-dealkylation sites (tertiary alicyclic amines) is 1. The van der Waals surface area contributed by atoms with Crippen LogP contribution in [0.15, 0.2) is 12.3 Å². The van der Waals surface area contributed by atoms with Crippen molar-refractivity contribution in [1.29, 1.82) is 0 Å². The summed E-state index contributed by atoms with van der Waals surface area (Å²) in [5.41, 5.74) is 1.33. The quantitative estimate of drug-likeness (QED) is 0.661. The fourth-order valence-electron chi connectivity index (χ4n) is 2.38. The maximum atomic E-state index is 4.11. The molecule has 1 heteroatoms. The molecular formula is C13H25N. The molecule has 1 aliphatic rings. The molecule has 0 aromatic carbocycles. The molecule has 0 saturated carbocycles. The van der Waals surface area contributed by atoms with Gasteiger partial charge in [0.2, 0.25) is 0 Å². The van der Waals surface area contributed by atoms with E-state index in [0.717, 1.165) is 18.3 Å². The predicted molar refractivity (Wildman–Crippen MR) is 63.2 cm³/mol. The molecule has 1 saturated heterocycles. The third kappa shape index (κ3) is 3.36. The number of piperidine rings is 1. The molecule has 1 aliphatic heterocycles. The summed E-state index contributed by atoms with van der Waals surface area (Å²) in [5.74, 6) is 1.83. The van der Waals surface area contributed by atoms with E-state index in [1.165, 1.54) is 38.0 Å². The third-order valence-corrected chi connectivity index (χ3v) is 3.27. The molecule has 0 radical (unpaired) electrons. The standard InChI is InChI=1S/C13H25N/c1-5-12(4)14-8-6-13(7-9-14)10-11(2)3/h11,13H,4-10H2,1-3H3. The van der Waals surface area contributed by atoms with E-state index in [1.807, 2.05) is 0 Å². The zero-order chi connectivity index (χ0) is 10.6. The average Bonchev–Trinajstić information content (AvgIpc) is 2.17. The molecule has 0 aromatic heterocycles. The van der Waals surface area contributed by atoms with E-state index in [0.29, 0.717) is 0 Å². The number of hydrogen-bond donors (Lipinski definition) is 0. The zero-order valence-corrected chi connectivity index (χ0v) is 10.1. The second kappa shape index (κ2) is 5.43. The summed E-state index contributed by atoms with van der Waals surface area (Å²) in [6.07, 6.45) is 5.26. The van der Waals surface area contributed by atoms with Crippen molar-refractivity contribution in [2.24, 2.45) is 11.8 Å². The molecule has 1 rings (SSSR count). The lowest BCUT2D eigenvalue weighted by atomic mass is 9.88. The molecule has 0 N–H and O–H groups in total. The smallest absolute Gasteiger partial charge is 0.0177 e. The van der Waals surface area contributed by atoms with Gasteiger partial charge in [0.05, 0.1) is 0 Å². The van der Waals surface area contributed by atoms with Crippen LogP contribution < -0.4 is 0 Å². The van der Waals surface area contributed by atoms with Crippen molar-refractivity contribution in [2.75, 3.05) is 13.1 Å². The molecule has 0 amide bonds. The molecule has 0 aromatic rings. The Balaban J connectivity index is 2.27. The van der Waals surface area contributed by atoms with Crippen molar-refractivity contribution in [3.63, 3.8) is 0 Å². The summed E-state index contributed by atoms with van der Waals surface area (Å²) < 4.78 is 0. The number of hydrogen-bond acceptors (Lipinski definition) is 1. The minimum Gasteiger partial charge on any atom is -0.375 e. The van der Waals surface area contributed by atoms with Crippen molar-refractivity contribution in [3.05, 3.63) is 12.3 Å². The second-order valence-corrected chi connectivity index (χ2v) is 4.98. The molecule has 1 nitrogen and oxygen atoms in total. The van der Waals surface area contributed by atoms with Crippen molar-refractivity contribution in [2.45, 2.75) is 46.5 Å². The van der Waals surface area contributed by atoms with Gasteiger partial charge in [-0.1, -0.05) is 27.4 Å². The molecule has 1 fully saturated rings. The van der Waals surface area contributed by atoms with Gasteiger partial charge in [0.25, 0.3) is 0 Å². The predicted octanol–water partition coefficient (Wildman–Crippen LogP) is 3.67. The van der Waals surface area contributed by atoms with Gasteiger partial charge in [-0.05, 0) is 37.5 Å². The summed E-state index contributed by atoms with van der Waals surface area (Å²) in [4.78, 5) is 2.47. The maximum absolute atomic E-state index is 4.11. The summed E-state index contributed by atoms with van der Waals surface area (Å²) in [6.45, 7) is 13.4. The average molecular weight is 195 g/mol. The van der Waals surface area contributed by atoms with Gasteiger partial charge in [-0.2, -0.15) is 0 Å². The lowest BCUT2D eigenvalue weighted by Gasteiger charge is -2.35. The molecule has 14 heavy (non-hydrogen) atoms. The Kier molecular flexibility index (Phi) is 4.50. The van der Waals surface area contributed by atoms with E-state index in [9.17, 15) is 0 Å². The SMILES string of the molecule is C=C(CC)N1CCC(CC(C)C)CC1. The Morgan fingerprint density at radius 1 is 1.36 bits per heavy atom. The first kappa shape index (κ1) is 11.6. The van der Waals surface area contributed by atoms with Crippen LogP contribution in [0.3, 0.4) is 0 Å². The highest BCUT2D eigenvalue weighted by molar-refractivity contribution is 4.94. The normalized spacial score (nSPS) is 19.0. The van der Waals surface area contributed by atoms with Crippen LogP contribution in [0.1, 0.15) is 46.5 Å². The van der Waals surface area contributed by atoms with Crippen LogP contribution in [0, 0.1) is 11.8 Å². The summed E-state index contributed by atoms with van der Waals surface area (Å²) in [6, 6.07) is 0. The molecule has 0 spiro atoms. The highest BCUT2D eigenvalue weighted by Gasteiger charge is 2.19. The fourth-order valence-corrected chi connectivity index (χ4v) is 2.38. The summed E-state index contributed by atoms with van der Waals surface area (Å²) in [5, 5.41) is 0. The maximum Gasteiger partial charge on any atom is 0.0177 e. The van der Waals surface area contributed by atoms with Crippen molar-refractivity contribution >= 4 is 0 Å². The van der Waals surface area contributed by atoms with Crippen LogP contribution in [0.5, 0.6) is 0 Å². The van der Waals surface area contributed by atoms with Gasteiger partial charge in [-0.25, -0.2) is 0 Å². The highest BCUT2D eigenvalue weighted by atomic mass is 15.1. The van der Waals surface area contributed by atoms with Gasteiger partial charge in [0.15, 0.2) is 0 Å². The van der Waals surface area contributed by atoms with Gasteiger partial charge < -0.3 is 4.90 Å². The van der Waals surface area contributed by atoms with Gasteiger partial charge in [-0.3, -0.25) is 0 Å². The molecule has 1 heterocycles. The van der Waals surface area contributed by atoms with E-state index >= 15 is 0 Å². The van der Waals surface area contributed by atoms with Gasteiger partial charge in [0.1, 0.15) is 0 Å². The van der Waals surface area contributed by atoms with Crippen LogP contribution in [0.4, 0.5) is 0 Å². The Morgan fingerprint density at radius 3 is 2.36 bits per heavy atom. The van der Waals surface area contributed by atoms with Gasteiger partial charge >= 0.3 is 0 Å². The number of rotatable bonds is 4. The first-order valence-corrected chi connectivity index (χ1v) is 6.06. The van der Waals surface area contributed by atoms with Crippen LogP contribution in [0.25, 0.3) is 0 Å². The lowest BCUT2D eigenvalue weighted by molar-refractivity contribution is 0.204. The van der Waals surface area contributed by atoms with Crippen LogP contribution in [-0.4, -0.2) is 18.0 Å². The minimum absolute atomic E-state index is 0.862. The Morgan fingerprint density at radius 2 is 1.93 bits per heavy atom. The molecule has 0 bridgehead atoms. The van der Waals surface area contributed by atoms with Crippen molar-refractivity contribution in [1.82, 2.24) is 4.90 Å². The number of nitrogens with zero attached hydrogens (tertiary/aromatic N) is 1. The largest absolute Gasteiger partial charge is 0.375 e. The molecule has 82 valence electrons. The van der Waals surface area contributed by atoms with E-state index in [-0.39, 0.29) is 0 Å². The monoisotopic (exact) mass is 195 g/mol. The van der Waals surface area contributed by atoms with Crippen LogP contribution in [-0.2, 0) is 0 Å². The van der Waals surface area contributed by atoms with Crippen molar-refractivity contribution < 1.29 is 0 Å². The summed E-state index contributed by atoms with van der Waals surface area (Å²) in [7, 11) is 0. The Labute approximate surface area is 89.2 Å². The molecular weight excluding hydrogens is 170 g/mol. The highest BCUT2D eigenvalue weighted by Crippen LogP contribution is 2.25. The topological polar surface area (TPSA) is 3.24 Å². The second-order valence-electron chi connectivity index (χ2n) is 4.98. The van der Waals surface area contributed by atoms with E-state index in [1.54, 1.807) is 0 Å². The van der Waals surface area contributed by atoms with Crippen molar-refractivity contribution in [3.8, 4) is 0 Å². The van der Waals surface area contributed by atoms with E-state index < -0.39 is 0 Å². The first-order valence-electron chi connectivity index (χ1n) is 6.06. The van der Waals surface area contributed by atoms with Gasteiger partial charge in [-0.15, -0.1) is 0 Å². The van der Waals surface area contributed by atoms with E-state index in [2.05, 4.69) is 32.3 Å². The minimum atomic E-state index is 0.862. The molecule has 0 aliphatic carbocycles. The van der Waals surface area contributed by atoms with Crippen LogP contribution >= 0.6 is 0 Å². The summed E-state index contributed by atoms with van der Waals surface area (Å²) >= 11 is 0. The molecule has 0 unspecified atom stereocenters. The fraction of sp³-hybridized carbons (Fsp3) is 0.846. The zero-order valence-electron chi connectivity index (χ0n) is 10.1. The third-order valence-electron chi connectivity index (χ3n) is 3.27. The Hall–Kier alpha value is -0.460. The number of allylic oxidation sites excluding steroid dienone is 1.